The van der Waals surface area contributed by atoms with Gasteiger partial charge in [-0.25, -0.2) is 4.79 Å². The molecule has 0 radical (unpaired) electrons. The van der Waals surface area contributed by atoms with Crippen LogP contribution in [0.15, 0.2) is 0 Å². The molecule has 0 aromatic rings. The molecule has 5 nitrogen and oxygen atoms in total. The largest absolute Gasteiger partial charge is 0.444 e. The average molecular weight is 328 g/mol. The fraction of sp³-hybridized carbons (Fsp3) is 0.944. The van der Waals surface area contributed by atoms with Gasteiger partial charge in [0.15, 0.2) is 0 Å². The van der Waals surface area contributed by atoms with Crippen molar-refractivity contribution in [3.63, 3.8) is 0 Å². The number of carbonyl (C=O) groups excluding carboxylic acids is 1. The molecule has 1 atom stereocenters. The first kappa shape index (κ1) is 20.2. The predicted molar refractivity (Wildman–Crippen MR) is 93.5 cm³/mol. The second-order valence-corrected chi connectivity index (χ2v) is 8.45. The smallest absolute Gasteiger partial charge is 0.410 e. The first-order valence-electron chi connectivity index (χ1n) is 8.96. The molecule has 0 aromatic heterocycles. The third kappa shape index (κ3) is 8.02. The van der Waals surface area contributed by atoms with Crippen LogP contribution in [-0.2, 0) is 4.74 Å². The van der Waals surface area contributed by atoms with Crippen molar-refractivity contribution in [2.24, 2.45) is 5.41 Å². The van der Waals surface area contributed by atoms with E-state index in [1.165, 1.54) is 6.42 Å². The minimum absolute atomic E-state index is 0.161. The molecule has 0 bridgehead atoms. The number of aliphatic hydroxyl groups is 1. The number of ether oxygens (including phenoxy) is 1. The van der Waals surface area contributed by atoms with Gasteiger partial charge in [-0.15, -0.1) is 0 Å². The van der Waals surface area contributed by atoms with E-state index in [9.17, 15) is 4.79 Å². The van der Waals surface area contributed by atoms with Gasteiger partial charge in [0.1, 0.15) is 5.60 Å². The number of hydrogen-bond donors (Lipinski definition) is 2. The fourth-order valence-corrected chi connectivity index (χ4v) is 3.00. The molecule has 0 saturated carbocycles. The van der Waals surface area contributed by atoms with E-state index in [1.54, 1.807) is 0 Å². The summed E-state index contributed by atoms with van der Waals surface area (Å²) in [5.74, 6) is 0. The van der Waals surface area contributed by atoms with Gasteiger partial charge in [0.05, 0.1) is 0 Å². The van der Waals surface area contributed by atoms with Crippen LogP contribution in [0.2, 0.25) is 0 Å². The molecule has 0 aliphatic carbocycles. The second kappa shape index (κ2) is 8.88. The lowest BCUT2D eigenvalue weighted by atomic mass is 9.87. The van der Waals surface area contributed by atoms with Crippen LogP contribution in [0.25, 0.3) is 0 Å². The quantitative estimate of drug-likeness (QED) is 0.753. The van der Waals surface area contributed by atoms with Crippen molar-refractivity contribution in [3.05, 3.63) is 0 Å². The number of likely N-dealkylation sites (tertiary alicyclic amines) is 1. The summed E-state index contributed by atoms with van der Waals surface area (Å²) in [6, 6.07) is 0.215. The van der Waals surface area contributed by atoms with Gasteiger partial charge in [0.25, 0.3) is 0 Å². The predicted octanol–water partition coefficient (Wildman–Crippen LogP) is 3.16. The van der Waals surface area contributed by atoms with Gasteiger partial charge in [0, 0.05) is 32.3 Å². The highest BCUT2D eigenvalue weighted by Crippen LogP contribution is 2.22. The third-order valence-corrected chi connectivity index (χ3v) is 4.25. The lowest BCUT2D eigenvalue weighted by Gasteiger charge is -2.37. The summed E-state index contributed by atoms with van der Waals surface area (Å²) in [6.07, 6.45) is 4.89. The normalized spacial score (nSPS) is 19.7. The molecule has 1 unspecified atom stereocenters. The van der Waals surface area contributed by atoms with Gasteiger partial charge < -0.3 is 20.1 Å². The first-order chi connectivity index (χ1) is 10.6. The highest BCUT2D eigenvalue weighted by molar-refractivity contribution is 5.68. The highest BCUT2D eigenvalue weighted by atomic mass is 16.6. The van der Waals surface area contributed by atoms with Crippen LogP contribution in [0.3, 0.4) is 0 Å². The number of nitrogens with zero attached hydrogens (tertiary/aromatic N) is 1. The fourth-order valence-electron chi connectivity index (χ4n) is 3.00. The number of nitrogens with one attached hydrogen (secondary N) is 1. The molecule has 5 heteroatoms. The number of amides is 1. The molecule has 23 heavy (non-hydrogen) atoms. The number of carbonyl (C=O) groups is 1. The summed E-state index contributed by atoms with van der Waals surface area (Å²) in [5, 5.41) is 12.5. The Morgan fingerprint density at radius 3 is 2.57 bits per heavy atom. The van der Waals surface area contributed by atoms with Crippen LogP contribution < -0.4 is 5.32 Å². The Hall–Kier alpha value is -0.810. The molecule has 1 aliphatic heterocycles. The molecular weight excluding hydrogens is 292 g/mol. The Balaban J connectivity index is 2.47. The van der Waals surface area contributed by atoms with Crippen LogP contribution in [-0.4, -0.2) is 54.0 Å². The molecule has 2 N–H and O–H groups in total. The van der Waals surface area contributed by atoms with Crippen LogP contribution in [0, 0.1) is 5.41 Å². The maximum atomic E-state index is 12.4. The molecule has 1 rings (SSSR count). The van der Waals surface area contributed by atoms with Gasteiger partial charge in [-0.05, 0) is 58.3 Å². The lowest BCUT2D eigenvalue weighted by Crippen LogP contribution is -2.50. The van der Waals surface area contributed by atoms with Crippen molar-refractivity contribution in [2.75, 3.05) is 26.2 Å². The van der Waals surface area contributed by atoms with E-state index in [-0.39, 0.29) is 24.2 Å². The van der Waals surface area contributed by atoms with E-state index < -0.39 is 5.60 Å². The number of hydrogen-bond acceptors (Lipinski definition) is 4. The Labute approximate surface area is 141 Å². The average Bonchev–Trinajstić information content (AvgIpc) is 2.43. The van der Waals surface area contributed by atoms with Crippen LogP contribution >= 0.6 is 0 Å². The zero-order chi connectivity index (χ0) is 17.5. The van der Waals surface area contributed by atoms with Crippen LogP contribution in [0.5, 0.6) is 0 Å². The molecule has 0 spiro atoms. The van der Waals surface area contributed by atoms with E-state index >= 15 is 0 Å². The van der Waals surface area contributed by atoms with Crippen molar-refractivity contribution >= 4 is 6.09 Å². The molecule has 0 aromatic carbocycles. The van der Waals surface area contributed by atoms with E-state index in [4.69, 9.17) is 9.84 Å². The third-order valence-electron chi connectivity index (χ3n) is 4.25. The monoisotopic (exact) mass is 328 g/mol. The maximum Gasteiger partial charge on any atom is 0.410 e. The highest BCUT2D eigenvalue weighted by Gasteiger charge is 2.30. The molecular formula is C18H36N2O3. The minimum Gasteiger partial charge on any atom is -0.444 e. The first-order valence-corrected chi connectivity index (χ1v) is 8.96. The molecule has 136 valence electrons. The van der Waals surface area contributed by atoms with Crippen molar-refractivity contribution in [1.82, 2.24) is 10.2 Å². The number of piperidine rings is 1. The van der Waals surface area contributed by atoms with Gasteiger partial charge in [-0.1, -0.05) is 13.8 Å². The molecule has 1 saturated heterocycles. The van der Waals surface area contributed by atoms with Gasteiger partial charge in [-0.3, -0.25) is 0 Å². The SMILES string of the molecule is CC(C)(CCCO)CNCC1CCCCN1C(=O)OC(C)(C)C. The van der Waals surface area contributed by atoms with Gasteiger partial charge in [0.2, 0.25) is 0 Å². The topological polar surface area (TPSA) is 61.8 Å². The van der Waals surface area contributed by atoms with E-state index in [2.05, 4.69) is 19.2 Å². The Morgan fingerprint density at radius 1 is 1.26 bits per heavy atom. The Kier molecular flexibility index (Phi) is 7.81. The standard InChI is InChI=1S/C18H36N2O3/c1-17(2,3)23-16(22)20-11-7-6-9-15(20)13-19-14-18(4,5)10-8-12-21/h15,19,21H,6-14H2,1-5H3. The van der Waals surface area contributed by atoms with E-state index in [1.807, 2.05) is 25.7 Å². The van der Waals surface area contributed by atoms with Gasteiger partial charge >= 0.3 is 6.09 Å². The maximum absolute atomic E-state index is 12.4. The molecule has 1 amide bonds. The van der Waals surface area contributed by atoms with Crippen LogP contribution in [0.4, 0.5) is 4.79 Å². The summed E-state index contributed by atoms with van der Waals surface area (Å²) < 4.78 is 5.54. The molecule has 1 heterocycles. The van der Waals surface area contributed by atoms with E-state index in [0.717, 1.165) is 45.3 Å². The second-order valence-electron chi connectivity index (χ2n) is 8.45. The van der Waals surface area contributed by atoms with Crippen molar-refractivity contribution < 1.29 is 14.6 Å². The zero-order valence-electron chi connectivity index (χ0n) is 15.7. The number of aliphatic hydroxyl groups excluding tert-OH is 1. The van der Waals surface area contributed by atoms with Crippen molar-refractivity contribution in [3.8, 4) is 0 Å². The zero-order valence-corrected chi connectivity index (χ0v) is 15.7. The van der Waals surface area contributed by atoms with E-state index in [0.29, 0.717) is 0 Å². The number of rotatable bonds is 7. The Bertz CT molecular complexity index is 364. The Morgan fingerprint density at radius 2 is 1.96 bits per heavy atom. The summed E-state index contributed by atoms with van der Waals surface area (Å²) in [4.78, 5) is 14.3. The summed E-state index contributed by atoms with van der Waals surface area (Å²) >= 11 is 0. The van der Waals surface area contributed by atoms with Crippen LogP contribution in [0.1, 0.15) is 66.7 Å². The molecule has 1 fully saturated rings. The van der Waals surface area contributed by atoms with Crippen molar-refractivity contribution in [2.45, 2.75) is 78.4 Å². The van der Waals surface area contributed by atoms with Gasteiger partial charge in [-0.2, -0.15) is 0 Å². The van der Waals surface area contributed by atoms with Crippen molar-refractivity contribution in [1.29, 1.82) is 0 Å². The summed E-state index contributed by atoms with van der Waals surface area (Å²) in [6.45, 7) is 12.9. The lowest BCUT2D eigenvalue weighted by molar-refractivity contribution is 0.00973. The summed E-state index contributed by atoms with van der Waals surface area (Å²) in [7, 11) is 0. The minimum atomic E-state index is -0.446. The molecule has 1 aliphatic rings. The summed E-state index contributed by atoms with van der Waals surface area (Å²) in [5.41, 5.74) is -0.285.